The van der Waals surface area contributed by atoms with E-state index in [2.05, 4.69) is 10.0 Å². The molecule has 6 nitrogen and oxygen atoms in total. The van der Waals surface area contributed by atoms with Gasteiger partial charge in [0.25, 0.3) is 0 Å². The van der Waals surface area contributed by atoms with Crippen molar-refractivity contribution in [3.63, 3.8) is 0 Å². The van der Waals surface area contributed by atoms with Gasteiger partial charge in [-0.25, -0.2) is 8.42 Å². The number of halogens is 2. The van der Waals surface area contributed by atoms with Crippen molar-refractivity contribution in [2.24, 2.45) is 0 Å². The van der Waals surface area contributed by atoms with Crippen LogP contribution >= 0.6 is 23.2 Å². The van der Waals surface area contributed by atoms with Gasteiger partial charge in [0.2, 0.25) is 15.9 Å². The lowest BCUT2D eigenvalue weighted by molar-refractivity contribution is -0.117. The molecule has 0 aliphatic carbocycles. The van der Waals surface area contributed by atoms with Crippen molar-refractivity contribution in [2.75, 3.05) is 12.4 Å². The molecule has 0 unspecified atom stereocenters. The number of nitrogens with one attached hydrogen (secondary N) is 2. The van der Waals surface area contributed by atoms with E-state index in [9.17, 15) is 13.2 Å². The quantitative estimate of drug-likeness (QED) is 0.471. The van der Waals surface area contributed by atoms with Crippen LogP contribution in [0.4, 0.5) is 5.69 Å². The SMILES string of the molecule is COc1ccc(Cl)cc1S(=O)(=O)N[C@H](Cc1ccccc1)C(=O)Nc1cc(Cl)ccc1C. The van der Waals surface area contributed by atoms with E-state index in [1.807, 2.05) is 37.3 Å². The number of benzene rings is 3. The molecule has 9 heteroatoms. The minimum atomic E-state index is -4.15. The third-order valence-corrected chi connectivity index (χ3v) is 6.73. The highest BCUT2D eigenvalue weighted by molar-refractivity contribution is 7.89. The molecule has 2 N–H and O–H groups in total. The Hall–Kier alpha value is -2.58. The number of aryl methyl sites for hydroxylation is 1. The number of amides is 1. The second-order valence-corrected chi connectivity index (χ2v) is 9.66. The summed E-state index contributed by atoms with van der Waals surface area (Å²) < 4.78 is 34.1. The van der Waals surface area contributed by atoms with Gasteiger partial charge in [-0.2, -0.15) is 4.72 Å². The number of anilines is 1. The summed E-state index contributed by atoms with van der Waals surface area (Å²) in [6.07, 6.45) is 0.133. The molecule has 3 aromatic carbocycles. The molecule has 0 aliphatic heterocycles. The van der Waals surface area contributed by atoms with Crippen LogP contribution in [0.25, 0.3) is 0 Å². The Morgan fingerprint density at radius 2 is 1.66 bits per heavy atom. The van der Waals surface area contributed by atoms with Gasteiger partial charge in [-0.3, -0.25) is 4.79 Å². The number of sulfonamides is 1. The fourth-order valence-electron chi connectivity index (χ4n) is 3.10. The summed E-state index contributed by atoms with van der Waals surface area (Å²) in [5.41, 5.74) is 2.08. The van der Waals surface area contributed by atoms with E-state index in [-0.39, 0.29) is 22.1 Å². The molecule has 3 rings (SSSR count). The van der Waals surface area contributed by atoms with Crippen LogP contribution < -0.4 is 14.8 Å². The number of carbonyl (C=O) groups is 1. The van der Waals surface area contributed by atoms with Crippen LogP contribution in [0, 0.1) is 6.92 Å². The highest BCUT2D eigenvalue weighted by atomic mass is 35.5. The van der Waals surface area contributed by atoms with Gasteiger partial charge in [-0.15, -0.1) is 0 Å². The summed E-state index contributed by atoms with van der Waals surface area (Å²) in [5.74, 6) is -0.407. The maximum absolute atomic E-state index is 13.2. The van der Waals surface area contributed by atoms with Crippen molar-refractivity contribution in [1.82, 2.24) is 4.72 Å². The molecule has 3 aromatic rings. The average Bonchev–Trinajstić information content (AvgIpc) is 2.76. The number of carbonyl (C=O) groups excluding carboxylic acids is 1. The smallest absolute Gasteiger partial charge is 0.245 e. The largest absolute Gasteiger partial charge is 0.495 e. The van der Waals surface area contributed by atoms with Crippen LogP contribution in [0.1, 0.15) is 11.1 Å². The first-order valence-corrected chi connectivity index (χ1v) is 11.9. The zero-order valence-corrected chi connectivity index (χ0v) is 19.8. The first kappa shape index (κ1) is 24.1. The lowest BCUT2D eigenvalue weighted by Crippen LogP contribution is -2.45. The van der Waals surface area contributed by atoms with Crippen LogP contribution in [-0.4, -0.2) is 27.5 Å². The Balaban J connectivity index is 1.95. The summed E-state index contributed by atoms with van der Waals surface area (Å²) in [7, 11) is -2.79. The van der Waals surface area contributed by atoms with Crippen molar-refractivity contribution >= 4 is 44.8 Å². The van der Waals surface area contributed by atoms with Gasteiger partial charge in [0, 0.05) is 15.7 Å². The monoisotopic (exact) mass is 492 g/mol. The molecule has 0 aliphatic rings. The molecular weight excluding hydrogens is 471 g/mol. The molecule has 0 heterocycles. The molecule has 168 valence electrons. The van der Waals surface area contributed by atoms with Crippen molar-refractivity contribution in [2.45, 2.75) is 24.3 Å². The highest BCUT2D eigenvalue weighted by Crippen LogP contribution is 2.27. The zero-order chi connectivity index (χ0) is 23.3. The first-order chi connectivity index (χ1) is 15.2. The summed E-state index contributed by atoms with van der Waals surface area (Å²) >= 11 is 12.1. The lowest BCUT2D eigenvalue weighted by Gasteiger charge is -2.20. The van der Waals surface area contributed by atoms with E-state index < -0.39 is 22.0 Å². The van der Waals surface area contributed by atoms with E-state index >= 15 is 0 Å². The van der Waals surface area contributed by atoms with E-state index in [1.165, 1.54) is 25.3 Å². The molecule has 0 spiro atoms. The maximum Gasteiger partial charge on any atom is 0.245 e. The fraction of sp³-hybridized carbons (Fsp3) is 0.174. The topological polar surface area (TPSA) is 84.5 Å². The van der Waals surface area contributed by atoms with Crippen LogP contribution in [0.2, 0.25) is 10.0 Å². The van der Waals surface area contributed by atoms with Crippen LogP contribution in [0.5, 0.6) is 5.75 Å². The number of hydrogen-bond donors (Lipinski definition) is 2. The van der Waals surface area contributed by atoms with E-state index in [0.717, 1.165) is 11.1 Å². The molecule has 0 saturated carbocycles. The molecular formula is C23H22Cl2N2O4S. The Labute approximate surface area is 197 Å². The van der Waals surface area contributed by atoms with Crippen LogP contribution in [0.3, 0.4) is 0 Å². The normalized spacial score (nSPS) is 12.2. The second kappa shape index (κ2) is 10.4. The lowest BCUT2D eigenvalue weighted by atomic mass is 10.1. The van der Waals surface area contributed by atoms with Crippen LogP contribution in [-0.2, 0) is 21.2 Å². The van der Waals surface area contributed by atoms with Gasteiger partial charge in [0.15, 0.2) is 0 Å². The second-order valence-electron chi connectivity index (χ2n) is 7.11. The fourth-order valence-corrected chi connectivity index (χ4v) is 4.90. The molecule has 0 bridgehead atoms. The first-order valence-electron chi connectivity index (χ1n) is 9.66. The van der Waals surface area contributed by atoms with Gasteiger partial charge in [0.05, 0.1) is 7.11 Å². The molecule has 0 fully saturated rings. The van der Waals surface area contributed by atoms with E-state index in [0.29, 0.717) is 10.7 Å². The predicted molar refractivity (Wildman–Crippen MR) is 127 cm³/mol. The third kappa shape index (κ3) is 6.01. The summed E-state index contributed by atoms with van der Waals surface area (Å²) in [4.78, 5) is 13.0. The molecule has 1 amide bonds. The van der Waals surface area contributed by atoms with Crippen molar-refractivity contribution in [1.29, 1.82) is 0 Å². The minimum Gasteiger partial charge on any atom is -0.495 e. The number of hydrogen-bond acceptors (Lipinski definition) is 4. The van der Waals surface area contributed by atoms with Gasteiger partial charge >= 0.3 is 0 Å². The standard InChI is InChI=1S/C23H22Cl2N2O4S/c1-15-8-9-17(24)13-19(15)26-23(28)20(12-16-6-4-3-5-7-16)27-32(29,30)22-14-18(25)10-11-21(22)31-2/h3-11,13-14,20,27H,12H2,1-2H3,(H,26,28)/t20-/m1/s1. The highest BCUT2D eigenvalue weighted by Gasteiger charge is 2.29. The minimum absolute atomic E-state index is 0.117. The van der Waals surface area contributed by atoms with Gasteiger partial charge < -0.3 is 10.1 Å². The number of methoxy groups -OCH3 is 1. The number of rotatable bonds is 8. The van der Waals surface area contributed by atoms with Gasteiger partial charge in [-0.1, -0.05) is 59.6 Å². The molecule has 0 radical (unpaired) electrons. The summed E-state index contributed by atoms with van der Waals surface area (Å²) in [6, 6.07) is 17.4. The number of ether oxygens (including phenoxy) is 1. The third-order valence-electron chi connectivity index (χ3n) is 4.77. The van der Waals surface area contributed by atoms with Gasteiger partial charge in [-0.05, 0) is 54.8 Å². The van der Waals surface area contributed by atoms with E-state index in [1.54, 1.807) is 18.2 Å². The van der Waals surface area contributed by atoms with Crippen LogP contribution in [0.15, 0.2) is 71.6 Å². The summed E-state index contributed by atoms with van der Waals surface area (Å²) in [5, 5.41) is 3.46. The Bertz CT molecular complexity index is 1220. The Morgan fingerprint density at radius 3 is 2.34 bits per heavy atom. The Morgan fingerprint density at radius 1 is 1.00 bits per heavy atom. The zero-order valence-electron chi connectivity index (χ0n) is 17.4. The van der Waals surface area contributed by atoms with Gasteiger partial charge in [0.1, 0.15) is 16.7 Å². The average molecular weight is 493 g/mol. The molecule has 0 aromatic heterocycles. The van der Waals surface area contributed by atoms with Crippen molar-refractivity contribution in [3.05, 3.63) is 87.9 Å². The van der Waals surface area contributed by atoms with Crippen molar-refractivity contribution < 1.29 is 17.9 Å². The van der Waals surface area contributed by atoms with E-state index in [4.69, 9.17) is 27.9 Å². The Kier molecular flexibility index (Phi) is 7.79. The predicted octanol–water partition coefficient (Wildman–Crippen LogP) is 4.84. The maximum atomic E-state index is 13.2. The molecule has 32 heavy (non-hydrogen) atoms. The summed E-state index contributed by atoms with van der Waals surface area (Å²) in [6.45, 7) is 1.82. The molecule has 0 saturated heterocycles. The molecule has 1 atom stereocenters. The van der Waals surface area contributed by atoms with Crippen molar-refractivity contribution in [3.8, 4) is 5.75 Å².